The average Bonchev–Trinajstić information content (AvgIpc) is 2.94. The Labute approximate surface area is 134 Å². The Morgan fingerprint density at radius 2 is 1.70 bits per heavy atom. The van der Waals surface area contributed by atoms with Gasteiger partial charge >= 0.3 is 0 Å². The van der Waals surface area contributed by atoms with Gasteiger partial charge in [-0.3, -0.25) is 4.90 Å². The highest BCUT2D eigenvalue weighted by atomic mass is 16.4. The number of hydrogen-bond donors (Lipinski definition) is 1. The van der Waals surface area contributed by atoms with E-state index in [9.17, 15) is 10.5 Å². The molecule has 0 fully saturated rings. The lowest BCUT2D eigenvalue weighted by atomic mass is 10.0. The molecule has 0 radical (unpaired) electrons. The molecule has 1 aliphatic heterocycles. The maximum atomic E-state index is 9.68. The van der Waals surface area contributed by atoms with Gasteiger partial charge in [-0.15, -0.1) is 0 Å². The van der Waals surface area contributed by atoms with Crippen molar-refractivity contribution in [3.05, 3.63) is 71.9 Å². The SMILES string of the molecule is CC1=NC(=N\O)/C(=C(\C#N)c2ccccc2)N1c1ccccc1. The summed E-state index contributed by atoms with van der Waals surface area (Å²) in [6.45, 7) is 1.81. The Bertz CT molecular complexity index is 846. The molecule has 0 spiro atoms. The molecular formula is C18H14N4O. The molecule has 0 saturated carbocycles. The summed E-state index contributed by atoms with van der Waals surface area (Å²) in [5.74, 6) is 0.773. The number of oxime groups is 1. The van der Waals surface area contributed by atoms with E-state index in [0.29, 0.717) is 17.1 Å². The van der Waals surface area contributed by atoms with E-state index in [1.807, 2.05) is 72.5 Å². The second-order valence-corrected chi connectivity index (χ2v) is 4.96. The lowest BCUT2D eigenvalue weighted by Gasteiger charge is -2.21. The van der Waals surface area contributed by atoms with Gasteiger partial charge in [-0.2, -0.15) is 5.26 Å². The molecule has 23 heavy (non-hydrogen) atoms. The molecule has 0 amide bonds. The Morgan fingerprint density at radius 3 is 2.26 bits per heavy atom. The van der Waals surface area contributed by atoms with E-state index in [2.05, 4.69) is 16.2 Å². The first kappa shape index (κ1) is 14.5. The molecule has 0 bridgehead atoms. The predicted molar refractivity (Wildman–Crippen MR) is 90.2 cm³/mol. The van der Waals surface area contributed by atoms with Crippen molar-refractivity contribution < 1.29 is 5.21 Å². The molecule has 0 aromatic heterocycles. The Balaban J connectivity index is 2.25. The van der Waals surface area contributed by atoms with Crippen LogP contribution >= 0.6 is 0 Å². The lowest BCUT2D eigenvalue weighted by Crippen LogP contribution is -2.25. The van der Waals surface area contributed by atoms with Gasteiger partial charge in [0.1, 0.15) is 17.6 Å². The van der Waals surface area contributed by atoms with Crippen LogP contribution in [0.5, 0.6) is 0 Å². The van der Waals surface area contributed by atoms with Crippen LogP contribution in [-0.2, 0) is 0 Å². The number of benzene rings is 2. The van der Waals surface area contributed by atoms with Crippen molar-refractivity contribution in [1.29, 1.82) is 5.26 Å². The normalized spacial score (nSPS) is 17.8. The van der Waals surface area contributed by atoms with E-state index in [4.69, 9.17) is 0 Å². The van der Waals surface area contributed by atoms with Crippen LogP contribution < -0.4 is 4.90 Å². The maximum Gasteiger partial charge on any atom is 0.218 e. The molecule has 112 valence electrons. The Kier molecular flexibility index (Phi) is 3.89. The summed E-state index contributed by atoms with van der Waals surface area (Å²) in [6, 6.07) is 21.1. The van der Waals surface area contributed by atoms with E-state index in [1.54, 1.807) is 0 Å². The van der Waals surface area contributed by atoms with Crippen LogP contribution in [0.25, 0.3) is 5.57 Å². The van der Waals surface area contributed by atoms with Gasteiger partial charge in [0.25, 0.3) is 0 Å². The van der Waals surface area contributed by atoms with Crippen molar-refractivity contribution in [3.8, 4) is 6.07 Å². The molecular weight excluding hydrogens is 288 g/mol. The van der Waals surface area contributed by atoms with Gasteiger partial charge in [-0.05, 0) is 24.6 Å². The topological polar surface area (TPSA) is 72.0 Å². The number of nitrogens with zero attached hydrogens (tertiary/aromatic N) is 4. The third kappa shape index (κ3) is 2.58. The highest BCUT2D eigenvalue weighted by Gasteiger charge is 2.31. The molecule has 5 nitrogen and oxygen atoms in total. The number of allylic oxidation sites excluding steroid dienone is 1. The number of aliphatic imine (C=N–C) groups is 1. The van der Waals surface area contributed by atoms with Gasteiger partial charge in [0.15, 0.2) is 0 Å². The molecule has 2 aromatic carbocycles. The number of rotatable bonds is 2. The number of para-hydroxylation sites is 1. The fourth-order valence-corrected chi connectivity index (χ4v) is 2.56. The van der Waals surface area contributed by atoms with E-state index in [0.717, 1.165) is 11.3 Å². The summed E-state index contributed by atoms with van der Waals surface area (Å²) in [7, 11) is 0. The fourth-order valence-electron chi connectivity index (χ4n) is 2.56. The first-order valence-electron chi connectivity index (χ1n) is 7.09. The smallest absolute Gasteiger partial charge is 0.218 e. The highest BCUT2D eigenvalue weighted by molar-refractivity contribution is 6.26. The number of anilines is 1. The van der Waals surface area contributed by atoms with E-state index in [-0.39, 0.29) is 5.84 Å². The third-order valence-electron chi connectivity index (χ3n) is 3.55. The van der Waals surface area contributed by atoms with Crippen LogP contribution in [-0.4, -0.2) is 16.9 Å². The Morgan fingerprint density at radius 1 is 1.09 bits per heavy atom. The Hall–Kier alpha value is -3.39. The molecule has 2 aromatic rings. The van der Waals surface area contributed by atoms with Crippen molar-refractivity contribution in [2.75, 3.05) is 4.90 Å². The van der Waals surface area contributed by atoms with Gasteiger partial charge in [-0.1, -0.05) is 53.7 Å². The average molecular weight is 302 g/mol. The number of amidine groups is 2. The fraction of sp³-hybridized carbons (Fsp3) is 0.0556. The maximum absolute atomic E-state index is 9.68. The minimum Gasteiger partial charge on any atom is -0.409 e. The standard InChI is InChI=1S/C18H14N4O/c1-13-20-18(21-23)17(22(13)15-10-6-3-7-11-15)16(12-19)14-8-4-2-5-9-14/h2-11,23H,1H3/b17-16-,21-18-. The van der Waals surface area contributed by atoms with E-state index < -0.39 is 0 Å². The highest BCUT2D eigenvalue weighted by Crippen LogP contribution is 2.31. The zero-order chi connectivity index (χ0) is 16.2. The van der Waals surface area contributed by atoms with Crippen molar-refractivity contribution in [2.45, 2.75) is 6.92 Å². The molecule has 0 saturated heterocycles. The third-order valence-corrected chi connectivity index (χ3v) is 3.55. The molecule has 3 rings (SSSR count). The van der Waals surface area contributed by atoms with Gasteiger partial charge in [0.2, 0.25) is 5.84 Å². The molecule has 5 heteroatoms. The monoisotopic (exact) mass is 302 g/mol. The second kappa shape index (κ2) is 6.16. The zero-order valence-corrected chi connectivity index (χ0v) is 12.5. The van der Waals surface area contributed by atoms with Gasteiger partial charge in [0.05, 0.1) is 5.57 Å². The zero-order valence-electron chi connectivity index (χ0n) is 12.5. The minimum absolute atomic E-state index is 0.131. The molecule has 1 aliphatic rings. The van der Waals surface area contributed by atoms with Crippen molar-refractivity contribution in [1.82, 2.24) is 0 Å². The largest absolute Gasteiger partial charge is 0.409 e. The van der Waals surface area contributed by atoms with Crippen LogP contribution in [0, 0.1) is 11.3 Å². The summed E-state index contributed by atoms with van der Waals surface area (Å²) < 4.78 is 0. The van der Waals surface area contributed by atoms with Crippen molar-refractivity contribution in [2.24, 2.45) is 10.1 Å². The first-order chi connectivity index (χ1) is 11.3. The van der Waals surface area contributed by atoms with Crippen molar-refractivity contribution in [3.63, 3.8) is 0 Å². The van der Waals surface area contributed by atoms with Crippen LogP contribution in [0.2, 0.25) is 0 Å². The lowest BCUT2D eigenvalue weighted by molar-refractivity contribution is 0.319. The quantitative estimate of drug-likeness (QED) is 0.523. The van der Waals surface area contributed by atoms with Crippen LogP contribution in [0.4, 0.5) is 5.69 Å². The van der Waals surface area contributed by atoms with Crippen molar-refractivity contribution >= 4 is 22.9 Å². The summed E-state index contributed by atoms with van der Waals surface area (Å²) >= 11 is 0. The molecule has 0 aliphatic carbocycles. The summed E-state index contributed by atoms with van der Waals surface area (Å²) in [6.07, 6.45) is 0. The van der Waals surface area contributed by atoms with E-state index >= 15 is 0 Å². The molecule has 0 unspecified atom stereocenters. The van der Waals surface area contributed by atoms with Crippen LogP contribution in [0.1, 0.15) is 12.5 Å². The van der Waals surface area contributed by atoms with E-state index in [1.165, 1.54) is 0 Å². The van der Waals surface area contributed by atoms with Gasteiger partial charge in [-0.25, -0.2) is 4.99 Å². The molecule has 0 atom stereocenters. The summed E-state index contributed by atoms with van der Waals surface area (Å²) in [5, 5.41) is 22.3. The van der Waals surface area contributed by atoms with Crippen LogP contribution in [0.15, 0.2) is 76.5 Å². The minimum atomic E-state index is 0.131. The molecule has 1 heterocycles. The number of nitriles is 1. The van der Waals surface area contributed by atoms with Gasteiger partial charge in [0, 0.05) is 5.69 Å². The summed E-state index contributed by atoms with van der Waals surface area (Å²) in [4.78, 5) is 6.09. The second-order valence-electron chi connectivity index (χ2n) is 4.96. The first-order valence-corrected chi connectivity index (χ1v) is 7.09. The molecule has 1 N–H and O–H groups in total. The van der Waals surface area contributed by atoms with Gasteiger partial charge < -0.3 is 5.21 Å². The number of hydrogen-bond acceptors (Lipinski definition) is 4. The predicted octanol–water partition coefficient (Wildman–Crippen LogP) is 3.65. The summed E-state index contributed by atoms with van der Waals surface area (Å²) in [5.41, 5.74) is 2.48. The van der Waals surface area contributed by atoms with Crippen LogP contribution in [0.3, 0.4) is 0 Å².